The van der Waals surface area contributed by atoms with Gasteiger partial charge in [0.05, 0.1) is 28.2 Å². The van der Waals surface area contributed by atoms with E-state index >= 15 is 0 Å². The van der Waals surface area contributed by atoms with Gasteiger partial charge >= 0.3 is 0 Å². The van der Waals surface area contributed by atoms with E-state index in [1.165, 1.54) is 27.5 Å². The van der Waals surface area contributed by atoms with Crippen LogP contribution in [0.1, 0.15) is 11.1 Å². The monoisotopic (exact) mass is 406 g/mol. The van der Waals surface area contributed by atoms with Crippen LogP contribution in [-0.2, 0) is 6.42 Å². The second-order valence-electron chi connectivity index (χ2n) is 9.30. The van der Waals surface area contributed by atoms with E-state index in [4.69, 9.17) is 0 Å². The van der Waals surface area contributed by atoms with E-state index in [-0.39, 0.29) is 6.71 Å². The average Bonchev–Trinajstić information content (AvgIpc) is 2.76. The standard InChI is InChI=1S/C25H21B.C4H12N/c1-4-12-21(13-5-1)20-22-14-10-11-19-25(22)26(23-15-6-2-7-16-23)24-17-8-3-9-18-24;1-5(2,3)4/h1-19H,20H2;1-4H3/q;+1. The summed E-state index contributed by atoms with van der Waals surface area (Å²) in [5.74, 6) is 0. The summed E-state index contributed by atoms with van der Waals surface area (Å²) in [5, 5.41) is 0. The van der Waals surface area contributed by atoms with Crippen LogP contribution in [0.5, 0.6) is 0 Å². The molecular weight excluding hydrogens is 373 g/mol. The van der Waals surface area contributed by atoms with E-state index in [0.717, 1.165) is 10.9 Å². The molecule has 0 radical (unpaired) electrons. The molecule has 31 heavy (non-hydrogen) atoms. The zero-order chi connectivity index (χ0) is 22.1. The first kappa shape index (κ1) is 22.6. The zero-order valence-corrected chi connectivity index (χ0v) is 19.2. The van der Waals surface area contributed by atoms with Crippen LogP contribution in [0.25, 0.3) is 0 Å². The summed E-state index contributed by atoms with van der Waals surface area (Å²) >= 11 is 0. The van der Waals surface area contributed by atoms with Crippen LogP contribution in [0.3, 0.4) is 0 Å². The fraction of sp³-hybridized carbons (Fsp3) is 0.172. The van der Waals surface area contributed by atoms with Gasteiger partial charge in [0, 0.05) is 0 Å². The summed E-state index contributed by atoms with van der Waals surface area (Å²) in [7, 11) is 8.50. The quantitative estimate of drug-likeness (QED) is 0.346. The summed E-state index contributed by atoms with van der Waals surface area (Å²) < 4.78 is 1.00. The minimum atomic E-state index is 0.248. The van der Waals surface area contributed by atoms with Crippen molar-refractivity contribution >= 4 is 23.1 Å². The van der Waals surface area contributed by atoms with Crippen molar-refractivity contribution in [1.29, 1.82) is 0 Å². The molecule has 0 heterocycles. The van der Waals surface area contributed by atoms with E-state index in [2.05, 4.69) is 143 Å². The smallest absolute Gasteiger partial charge is 0.241 e. The Bertz CT molecular complexity index is 993. The van der Waals surface area contributed by atoms with Gasteiger partial charge in [0.1, 0.15) is 0 Å². The molecule has 0 fully saturated rings. The van der Waals surface area contributed by atoms with E-state index in [9.17, 15) is 0 Å². The minimum Gasteiger partial charge on any atom is -0.333 e. The Morgan fingerprint density at radius 1 is 0.516 bits per heavy atom. The lowest BCUT2D eigenvalue weighted by Gasteiger charge is -2.19. The molecule has 0 aliphatic heterocycles. The molecule has 0 saturated heterocycles. The van der Waals surface area contributed by atoms with Crippen LogP contribution in [0.2, 0.25) is 0 Å². The molecule has 0 aromatic heterocycles. The molecule has 0 aliphatic carbocycles. The van der Waals surface area contributed by atoms with Crippen molar-refractivity contribution in [1.82, 2.24) is 0 Å². The van der Waals surface area contributed by atoms with E-state index in [0.29, 0.717) is 0 Å². The van der Waals surface area contributed by atoms with Crippen LogP contribution in [-0.4, -0.2) is 39.4 Å². The molecule has 0 bridgehead atoms. The van der Waals surface area contributed by atoms with Crippen LogP contribution < -0.4 is 16.4 Å². The number of hydrogen-bond donors (Lipinski definition) is 0. The molecule has 4 aromatic carbocycles. The number of hydrogen-bond acceptors (Lipinski definition) is 0. The Morgan fingerprint density at radius 3 is 1.39 bits per heavy atom. The molecule has 0 unspecified atom stereocenters. The third-order valence-corrected chi connectivity index (χ3v) is 4.87. The van der Waals surface area contributed by atoms with Crippen LogP contribution in [0.4, 0.5) is 0 Å². The van der Waals surface area contributed by atoms with Gasteiger partial charge in [-0.25, -0.2) is 0 Å². The van der Waals surface area contributed by atoms with Crippen molar-refractivity contribution in [2.45, 2.75) is 6.42 Å². The van der Waals surface area contributed by atoms with Gasteiger partial charge in [0.2, 0.25) is 6.71 Å². The van der Waals surface area contributed by atoms with Gasteiger partial charge < -0.3 is 4.48 Å². The molecule has 0 saturated carbocycles. The Morgan fingerprint density at radius 2 is 0.903 bits per heavy atom. The molecular formula is C29H33BN+. The molecule has 4 aromatic rings. The lowest BCUT2D eigenvalue weighted by atomic mass is 9.36. The molecule has 0 spiro atoms. The summed E-state index contributed by atoms with van der Waals surface area (Å²) in [4.78, 5) is 0. The minimum absolute atomic E-state index is 0.248. The third kappa shape index (κ3) is 7.27. The SMILES string of the molecule is C[N+](C)(C)C.c1ccc(Cc2ccccc2B(c2ccccc2)c2ccccc2)cc1. The van der Waals surface area contributed by atoms with E-state index in [1.54, 1.807) is 0 Å². The first-order valence-electron chi connectivity index (χ1n) is 10.9. The topological polar surface area (TPSA) is 0 Å². The van der Waals surface area contributed by atoms with E-state index < -0.39 is 0 Å². The number of rotatable bonds is 5. The maximum atomic E-state index is 2.28. The molecule has 156 valence electrons. The van der Waals surface area contributed by atoms with Crippen molar-refractivity contribution in [2.75, 3.05) is 28.2 Å². The first-order valence-corrected chi connectivity index (χ1v) is 10.9. The highest BCUT2D eigenvalue weighted by Crippen LogP contribution is 2.09. The molecule has 0 aliphatic rings. The highest BCUT2D eigenvalue weighted by atomic mass is 15.2. The van der Waals surface area contributed by atoms with Crippen LogP contribution in [0, 0.1) is 0 Å². The molecule has 2 heteroatoms. The maximum Gasteiger partial charge on any atom is 0.241 e. The van der Waals surface area contributed by atoms with Gasteiger partial charge in [-0.2, -0.15) is 0 Å². The van der Waals surface area contributed by atoms with Gasteiger partial charge in [-0.1, -0.05) is 132 Å². The summed E-state index contributed by atoms with van der Waals surface area (Å²) in [5.41, 5.74) is 6.78. The predicted octanol–water partition coefficient (Wildman–Crippen LogP) is 4.12. The number of benzene rings is 4. The highest BCUT2D eigenvalue weighted by molar-refractivity contribution is 6.95. The van der Waals surface area contributed by atoms with Gasteiger partial charge in [-0.15, -0.1) is 0 Å². The molecule has 1 nitrogen and oxygen atoms in total. The van der Waals surface area contributed by atoms with Crippen molar-refractivity contribution in [3.63, 3.8) is 0 Å². The number of quaternary nitrogens is 1. The molecule has 0 amide bonds. The van der Waals surface area contributed by atoms with Gasteiger partial charge in [-0.3, -0.25) is 0 Å². The van der Waals surface area contributed by atoms with Gasteiger partial charge in [0.25, 0.3) is 0 Å². The lowest BCUT2D eigenvalue weighted by molar-refractivity contribution is -0.849. The van der Waals surface area contributed by atoms with Crippen molar-refractivity contribution in [3.8, 4) is 0 Å². The average molecular weight is 406 g/mol. The van der Waals surface area contributed by atoms with Gasteiger partial charge in [-0.05, 0) is 17.5 Å². The highest BCUT2D eigenvalue weighted by Gasteiger charge is 2.23. The normalized spacial score (nSPS) is 10.7. The van der Waals surface area contributed by atoms with Crippen molar-refractivity contribution in [2.24, 2.45) is 0 Å². The molecule has 0 atom stereocenters. The predicted molar refractivity (Wildman–Crippen MR) is 137 cm³/mol. The molecule has 0 N–H and O–H groups in total. The van der Waals surface area contributed by atoms with Gasteiger partial charge in [0.15, 0.2) is 0 Å². The fourth-order valence-corrected chi connectivity index (χ4v) is 3.64. The Hall–Kier alpha value is -3.10. The largest absolute Gasteiger partial charge is 0.333 e. The lowest BCUT2D eigenvalue weighted by Crippen LogP contribution is -2.53. The zero-order valence-electron chi connectivity index (χ0n) is 19.2. The van der Waals surface area contributed by atoms with Crippen molar-refractivity contribution < 1.29 is 4.48 Å². The third-order valence-electron chi connectivity index (χ3n) is 4.87. The molecule has 4 rings (SSSR count). The maximum absolute atomic E-state index is 2.28. The Labute approximate surface area is 188 Å². The van der Waals surface area contributed by atoms with Crippen molar-refractivity contribution in [3.05, 3.63) is 126 Å². The van der Waals surface area contributed by atoms with Crippen LogP contribution >= 0.6 is 0 Å². The van der Waals surface area contributed by atoms with E-state index in [1.807, 2.05) is 0 Å². The second-order valence-corrected chi connectivity index (χ2v) is 9.30. The number of nitrogens with zero attached hydrogens (tertiary/aromatic N) is 1. The second kappa shape index (κ2) is 10.8. The summed E-state index contributed by atoms with van der Waals surface area (Å²) in [6, 6.07) is 41.2. The Kier molecular flexibility index (Phi) is 7.86. The fourth-order valence-electron chi connectivity index (χ4n) is 3.64. The Balaban J connectivity index is 0.000000491. The summed E-state index contributed by atoms with van der Waals surface area (Å²) in [6.45, 7) is 0.248. The summed E-state index contributed by atoms with van der Waals surface area (Å²) in [6.07, 6.45) is 0.952. The van der Waals surface area contributed by atoms with Crippen LogP contribution in [0.15, 0.2) is 115 Å². The first-order chi connectivity index (χ1) is 14.9.